The average molecular weight is 417 g/mol. The lowest BCUT2D eigenvalue weighted by atomic mass is 10.0. The van der Waals surface area contributed by atoms with Gasteiger partial charge in [0, 0.05) is 35.8 Å². The van der Waals surface area contributed by atoms with Gasteiger partial charge >= 0.3 is 0 Å². The number of nitrogens with zero attached hydrogens (tertiary/aromatic N) is 2. The van der Waals surface area contributed by atoms with Crippen LogP contribution in [0.2, 0.25) is 0 Å². The molecule has 1 amide bonds. The minimum Gasteiger partial charge on any atom is -0.481 e. The topological polar surface area (TPSA) is 128 Å². The predicted octanol–water partition coefficient (Wildman–Crippen LogP) is 2.08. The normalized spacial score (nSPS) is 14.0. The minimum atomic E-state index is -0.692. The molecule has 8 nitrogen and oxygen atoms in total. The fourth-order valence-electron chi connectivity index (χ4n) is 2.62. The van der Waals surface area contributed by atoms with Gasteiger partial charge in [-0.15, -0.1) is 0 Å². The lowest BCUT2D eigenvalue weighted by Gasteiger charge is -2.25. The number of carbonyl (C=O) groups is 1. The van der Waals surface area contributed by atoms with Crippen LogP contribution in [0.4, 0.5) is 4.39 Å². The van der Waals surface area contributed by atoms with E-state index in [0.29, 0.717) is 17.9 Å². The Balaban J connectivity index is 2.14. The number of aromatic nitrogens is 1. The molecule has 2 atom stereocenters. The number of carbonyl (C=O) groups excluding carboxylic acids is 1. The first-order valence-electron chi connectivity index (χ1n) is 9.51. The molecule has 0 aliphatic heterocycles. The first kappa shape index (κ1) is 23.2. The third-order valence-electron chi connectivity index (χ3n) is 4.02. The number of amides is 1. The molecule has 2 aromatic rings. The van der Waals surface area contributed by atoms with Gasteiger partial charge < -0.3 is 21.5 Å². The van der Waals surface area contributed by atoms with Gasteiger partial charge in [0.05, 0.1) is 7.11 Å². The highest BCUT2D eigenvalue weighted by atomic mass is 19.1. The molecule has 0 aliphatic carbocycles. The van der Waals surface area contributed by atoms with Crippen LogP contribution in [0.5, 0.6) is 5.88 Å². The van der Waals surface area contributed by atoms with Gasteiger partial charge in [-0.2, -0.15) is 0 Å². The van der Waals surface area contributed by atoms with Gasteiger partial charge in [-0.25, -0.2) is 14.4 Å². The molecule has 162 valence electrons. The number of guanidine groups is 1. The molecule has 6 N–H and O–H groups in total. The molecule has 0 spiro atoms. The van der Waals surface area contributed by atoms with E-state index in [4.69, 9.17) is 16.2 Å². The zero-order valence-electron chi connectivity index (χ0n) is 17.6. The Hall–Kier alpha value is -3.04. The van der Waals surface area contributed by atoms with E-state index in [-0.39, 0.29) is 23.2 Å². The number of ether oxygens (including phenoxy) is 1. The smallest absolute Gasteiger partial charge is 0.258 e. The molecule has 0 aliphatic rings. The number of methoxy groups -OCH3 is 1. The lowest BCUT2D eigenvalue weighted by Crippen LogP contribution is -2.50. The van der Waals surface area contributed by atoms with Crippen molar-refractivity contribution in [2.24, 2.45) is 16.5 Å². The van der Waals surface area contributed by atoms with Crippen LogP contribution in [0.25, 0.3) is 0 Å². The average Bonchev–Trinajstić information content (AvgIpc) is 2.67. The summed E-state index contributed by atoms with van der Waals surface area (Å²) in [5.74, 6) is -0.171. The summed E-state index contributed by atoms with van der Waals surface area (Å²) in [7, 11) is 1.47. The van der Waals surface area contributed by atoms with Crippen LogP contribution in [0.3, 0.4) is 0 Å². The van der Waals surface area contributed by atoms with E-state index in [1.54, 1.807) is 18.2 Å². The highest BCUT2D eigenvalue weighted by Crippen LogP contribution is 2.16. The molecular weight excluding hydrogens is 387 g/mol. The van der Waals surface area contributed by atoms with Crippen molar-refractivity contribution in [1.82, 2.24) is 15.6 Å². The number of hydrogen-bond donors (Lipinski definition) is 4. The van der Waals surface area contributed by atoms with Gasteiger partial charge in [0.2, 0.25) is 5.88 Å². The van der Waals surface area contributed by atoms with Crippen molar-refractivity contribution < 1.29 is 13.9 Å². The molecule has 9 heteroatoms. The molecular formula is C21H29FN6O2. The molecule has 30 heavy (non-hydrogen) atoms. The maximum absolute atomic E-state index is 13.1. The molecule has 0 bridgehead atoms. The molecule has 1 heterocycles. The second kappa shape index (κ2) is 10.1. The maximum Gasteiger partial charge on any atom is 0.258 e. The van der Waals surface area contributed by atoms with Crippen molar-refractivity contribution in [3.63, 3.8) is 0 Å². The third-order valence-corrected chi connectivity index (χ3v) is 4.02. The molecule has 1 aromatic carbocycles. The van der Waals surface area contributed by atoms with E-state index >= 15 is 0 Å². The summed E-state index contributed by atoms with van der Waals surface area (Å²) in [6.45, 7) is 5.79. The van der Waals surface area contributed by atoms with Crippen molar-refractivity contribution in [2.75, 3.05) is 7.11 Å². The summed E-state index contributed by atoms with van der Waals surface area (Å²) in [6, 6.07) is 8.58. The number of aliphatic imine (C=N–C) groups is 1. The number of pyridine rings is 1. The SMILES string of the molecule is COc1cc(C(=O)NC(=NC(N)CC(N)c2ccc(F)cc2)NC(C)(C)C)ccn1. The number of benzene rings is 1. The number of nitrogens with one attached hydrogen (secondary N) is 2. The van der Waals surface area contributed by atoms with Gasteiger partial charge in [0.25, 0.3) is 5.91 Å². The van der Waals surface area contributed by atoms with Gasteiger partial charge in [-0.05, 0) is 44.5 Å². The van der Waals surface area contributed by atoms with Crippen LogP contribution in [-0.4, -0.2) is 35.7 Å². The fourth-order valence-corrected chi connectivity index (χ4v) is 2.62. The minimum absolute atomic E-state index is 0.224. The summed E-state index contributed by atoms with van der Waals surface area (Å²) in [6.07, 6.45) is 1.09. The van der Waals surface area contributed by atoms with E-state index in [1.165, 1.54) is 31.5 Å². The Morgan fingerprint density at radius 1 is 1.23 bits per heavy atom. The van der Waals surface area contributed by atoms with Gasteiger partial charge in [0.15, 0.2) is 5.96 Å². The van der Waals surface area contributed by atoms with Crippen LogP contribution in [0.1, 0.15) is 49.2 Å². The molecule has 0 radical (unpaired) electrons. The highest BCUT2D eigenvalue weighted by Gasteiger charge is 2.18. The van der Waals surface area contributed by atoms with E-state index in [2.05, 4.69) is 20.6 Å². The number of halogens is 1. The predicted molar refractivity (Wildman–Crippen MR) is 114 cm³/mol. The van der Waals surface area contributed by atoms with Crippen molar-refractivity contribution in [2.45, 2.75) is 44.9 Å². The van der Waals surface area contributed by atoms with Crippen molar-refractivity contribution in [3.8, 4) is 5.88 Å². The van der Waals surface area contributed by atoms with Crippen LogP contribution >= 0.6 is 0 Å². The monoisotopic (exact) mass is 416 g/mol. The van der Waals surface area contributed by atoms with E-state index < -0.39 is 12.2 Å². The van der Waals surface area contributed by atoms with Crippen molar-refractivity contribution >= 4 is 11.9 Å². The standard InChI is InChI=1S/C21H29FN6O2/c1-21(2,3)28-20(27-19(29)14-9-10-25-18(11-14)30-4)26-17(24)12-16(23)13-5-7-15(22)8-6-13/h5-11,16-17H,12,23-24H2,1-4H3,(H2,26,27,28,29). The number of rotatable bonds is 6. The Labute approximate surface area is 175 Å². The zero-order chi connectivity index (χ0) is 22.3. The molecule has 0 saturated carbocycles. The van der Waals surface area contributed by atoms with Crippen LogP contribution in [-0.2, 0) is 0 Å². The molecule has 1 aromatic heterocycles. The number of hydrogen-bond acceptors (Lipinski definition) is 6. The van der Waals surface area contributed by atoms with E-state index in [0.717, 1.165) is 5.56 Å². The van der Waals surface area contributed by atoms with Crippen molar-refractivity contribution in [1.29, 1.82) is 0 Å². The quantitative estimate of drug-likeness (QED) is 0.422. The molecule has 0 fully saturated rings. The zero-order valence-corrected chi connectivity index (χ0v) is 17.6. The van der Waals surface area contributed by atoms with Crippen molar-refractivity contribution in [3.05, 3.63) is 59.5 Å². The molecule has 2 rings (SSSR count). The Kier molecular flexibility index (Phi) is 7.85. The highest BCUT2D eigenvalue weighted by molar-refractivity contribution is 6.06. The second-order valence-corrected chi connectivity index (χ2v) is 7.85. The lowest BCUT2D eigenvalue weighted by molar-refractivity contribution is 0.0974. The Bertz CT molecular complexity index is 880. The second-order valence-electron chi connectivity index (χ2n) is 7.85. The molecule has 0 saturated heterocycles. The third kappa shape index (κ3) is 7.41. The van der Waals surface area contributed by atoms with Gasteiger partial charge in [0.1, 0.15) is 12.0 Å². The Morgan fingerprint density at radius 3 is 2.50 bits per heavy atom. The van der Waals surface area contributed by atoms with E-state index in [1.807, 2.05) is 20.8 Å². The fraction of sp³-hybridized carbons (Fsp3) is 0.381. The number of nitrogens with two attached hydrogens (primary N) is 2. The summed E-state index contributed by atoms with van der Waals surface area (Å²) in [4.78, 5) is 21.0. The Morgan fingerprint density at radius 2 is 1.90 bits per heavy atom. The van der Waals surface area contributed by atoms with Crippen LogP contribution in [0.15, 0.2) is 47.6 Å². The largest absolute Gasteiger partial charge is 0.481 e. The first-order chi connectivity index (χ1) is 14.1. The summed E-state index contributed by atoms with van der Waals surface area (Å²) >= 11 is 0. The van der Waals surface area contributed by atoms with Gasteiger partial charge in [-0.3, -0.25) is 10.1 Å². The van der Waals surface area contributed by atoms with E-state index in [9.17, 15) is 9.18 Å². The first-order valence-corrected chi connectivity index (χ1v) is 9.51. The summed E-state index contributed by atoms with van der Waals surface area (Å²) in [5.41, 5.74) is 13.1. The summed E-state index contributed by atoms with van der Waals surface area (Å²) < 4.78 is 18.2. The maximum atomic E-state index is 13.1. The van der Waals surface area contributed by atoms with Crippen LogP contribution in [0, 0.1) is 5.82 Å². The van der Waals surface area contributed by atoms with Crippen LogP contribution < -0.4 is 26.8 Å². The summed E-state index contributed by atoms with van der Waals surface area (Å²) in [5, 5.41) is 5.88. The molecule has 2 unspecified atom stereocenters. The van der Waals surface area contributed by atoms with Gasteiger partial charge in [-0.1, -0.05) is 12.1 Å².